The van der Waals surface area contributed by atoms with Crippen molar-refractivity contribution in [2.24, 2.45) is 0 Å². The Balaban J connectivity index is 1.44. The van der Waals surface area contributed by atoms with E-state index in [1.165, 1.54) is 5.56 Å². The number of rotatable bonds is 8. The van der Waals surface area contributed by atoms with E-state index in [2.05, 4.69) is 17.1 Å². The van der Waals surface area contributed by atoms with E-state index < -0.39 is 5.97 Å². The predicted octanol–water partition coefficient (Wildman–Crippen LogP) is 4.76. The van der Waals surface area contributed by atoms with Crippen molar-refractivity contribution in [2.75, 3.05) is 0 Å². The first-order valence-corrected chi connectivity index (χ1v) is 9.60. The maximum absolute atomic E-state index is 11.3. The molecule has 146 valence electrons. The number of imidazole rings is 1. The molecule has 0 spiro atoms. The van der Waals surface area contributed by atoms with Gasteiger partial charge in [-0.05, 0) is 29.7 Å². The lowest BCUT2D eigenvalue weighted by atomic mass is 10.1. The number of carboxylic acid groups (broad SMARTS) is 1. The smallest absolute Gasteiger partial charge is 0.336 e. The van der Waals surface area contributed by atoms with E-state index in [0.29, 0.717) is 12.2 Å². The van der Waals surface area contributed by atoms with Crippen molar-refractivity contribution < 1.29 is 14.6 Å². The van der Waals surface area contributed by atoms with E-state index in [1.54, 1.807) is 18.2 Å². The second-order valence-electron chi connectivity index (χ2n) is 6.94. The molecule has 0 amide bonds. The quantitative estimate of drug-likeness (QED) is 0.458. The topological polar surface area (TPSA) is 75.2 Å². The molecule has 4 aromatic rings. The van der Waals surface area contributed by atoms with Crippen LogP contribution in [0.5, 0.6) is 0 Å². The fourth-order valence-electron chi connectivity index (χ4n) is 3.41. The summed E-state index contributed by atoms with van der Waals surface area (Å²) in [5, 5.41) is 9.29. The van der Waals surface area contributed by atoms with Crippen LogP contribution in [0.1, 0.15) is 32.9 Å². The first-order chi connectivity index (χ1) is 14.2. The largest absolute Gasteiger partial charge is 0.478 e. The minimum atomic E-state index is -0.943. The average molecular weight is 386 g/mol. The number of nitrogens with zero attached hydrogens (tertiary/aromatic N) is 1. The zero-order chi connectivity index (χ0) is 20.1. The van der Waals surface area contributed by atoms with E-state index in [0.717, 1.165) is 35.3 Å². The normalized spacial score (nSPS) is 11.0. The van der Waals surface area contributed by atoms with Crippen LogP contribution in [0.15, 0.2) is 72.8 Å². The monoisotopic (exact) mass is 386 g/mol. The summed E-state index contributed by atoms with van der Waals surface area (Å²) in [4.78, 5) is 19.5. The molecule has 0 aliphatic carbocycles. The fourth-order valence-corrected chi connectivity index (χ4v) is 3.41. The molecule has 3 aromatic carbocycles. The molecule has 29 heavy (non-hydrogen) atoms. The number of fused-ring (bicyclic) bond motifs is 1. The Bertz CT molecular complexity index is 1120. The number of H-pyrrole nitrogens is 1. The molecule has 5 heteroatoms. The van der Waals surface area contributed by atoms with E-state index in [9.17, 15) is 9.90 Å². The third-order valence-electron chi connectivity index (χ3n) is 4.90. The molecule has 0 bridgehead atoms. The van der Waals surface area contributed by atoms with Crippen LogP contribution in [-0.4, -0.2) is 21.0 Å². The maximum Gasteiger partial charge on any atom is 0.336 e. The highest BCUT2D eigenvalue weighted by atomic mass is 16.5. The summed E-state index contributed by atoms with van der Waals surface area (Å²) in [6, 6.07) is 23.2. The van der Waals surface area contributed by atoms with Crippen LogP contribution < -0.4 is 0 Å². The van der Waals surface area contributed by atoms with Gasteiger partial charge in [-0.25, -0.2) is 9.78 Å². The van der Waals surface area contributed by atoms with Crippen molar-refractivity contribution in [3.63, 3.8) is 0 Å². The number of carbonyl (C=O) groups is 1. The molecule has 1 aromatic heterocycles. The lowest BCUT2D eigenvalue weighted by Crippen LogP contribution is -2.04. The van der Waals surface area contributed by atoms with Gasteiger partial charge in [0.05, 0.1) is 29.8 Å². The summed E-state index contributed by atoms with van der Waals surface area (Å²) in [5.41, 5.74) is 5.10. The molecule has 0 fully saturated rings. The predicted molar refractivity (Wildman–Crippen MR) is 112 cm³/mol. The Kier molecular flexibility index (Phi) is 5.68. The van der Waals surface area contributed by atoms with Gasteiger partial charge in [0.1, 0.15) is 5.82 Å². The molecule has 2 N–H and O–H groups in total. The van der Waals surface area contributed by atoms with Gasteiger partial charge in [-0.1, -0.05) is 60.7 Å². The fraction of sp³-hybridized carbons (Fsp3) is 0.167. The standard InChI is InChI=1S/C24H22N2O3/c27-24(28)20-11-5-4-9-18(20)15-29-16-19-10-6-12-21-23(19)26-22(25-21)14-13-17-7-2-1-3-8-17/h1-12H,13-16H2,(H,25,26)(H,27,28). The lowest BCUT2D eigenvalue weighted by molar-refractivity contribution is 0.0684. The number of aromatic amines is 1. The first kappa shape index (κ1) is 18.9. The number of carboxylic acids is 1. The first-order valence-electron chi connectivity index (χ1n) is 9.60. The molecule has 5 nitrogen and oxygen atoms in total. The van der Waals surface area contributed by atoms with Gasteiger partial charge >= 0.3 is 5.97 Å². The minimum absolute atomic E-state index is 0.240. The number of aromatic carboxylic acids is 1. The molecule has 1 heterocycles. The second-order valence-corrected chi connectivity index (χ2v) is 6.94. The van der Waals surface area contributed by atoms with Crippen LogP contribution >= 0.6 is 0 Å². The number of benzene rings is 3. The summed E-state index contributed by atoms with van der Waals surface area (Å²) < 4.78 is 5.83. The van der Waals surface area contributed by atoms with Gasteiger partial charge in [0.25, 0.3) is 0 Å². The van der Waals surface area contributed by atoms with E-state index in [4.69, 9.17) is 9.72 Å². The van der Waals surface area contributed by atoms with Crippen molar-refractivity contribution >= 4 is 17.0 Å². The maximum atomic E-state index is 11.3. The Morgan fingerprint density at radius 1 is 0.862 bits per heavy atom. The molecule has 0 atom stereocenters. The van der Waals surface area contributed by atoms with Gasteiger partial charge in [-0.15, -0.1) is 0 Å². The Hall–Kier alpha value is -3.44. The van der Waals surface area contributed by atoms with Crippen LogP contribution in [0.25, 0.3) is 11.0 Å². The van der Waals surface area contributed by atoms with Crippen LogP contribution in [-0.2, 0) is 30.8 Å². The summed E-state index contributed by atoms with van der Waals surface area (Å²) >= 11 is 0. The number of nitrogens with one attached hydrogen (secondary N) is 1. The molecular weight excluding hydrogens is 364 g/mol. The van der Waals surface area contributed by atoms with Crippen LogP contribution in [0.4, 0.5) is 0 Å². The zero-order valence-electron chi connectivity index (χ0n) is 16.0. The van der Waals surface area contributed by atoms with E-state index >= 15 is 0 Å². The van der Waals surface area contributed by atoms with Crippen LogP contribution in [0, 0.1) is 0 Å². The second kappa shape index (κ2) is 8.71. The minimum Gasteiger partial charge on any atom is -0.478 e. The Morgan fingerprint density at radius 2 is 1.59 bits per heavy atom. The summed E-state index contributed by atoms with van der Waals surface area (Å²) in [6.45, 7) is 0.610. The SMILES string of the molecule is O=C(O)c1ccccc1COCc1cccc2[nH]c(CCc3ccccc3)nc12. The molecule has 0 radical (unpaired) electrons. The van der Waals surface area contributed by atoms with Gasteiger partial charge in [-0.2, -0.15) is 0 Å². The number of hydrogen-bond donors (Lipinski definition) is 2. The summed E-state index contributed by atoms with van der Waals surface area (Å²) in [7, 11) is 0. The molecule has 0 saturated heterocycles. The van der Waals surface area contributed by atoms with Crippen LogP contribution in [0.2, 0.25) is 0 Å². The molecule has 0 unspecified atom stereocenters. The number of aromatic nitrogens is 2. The van der Waals surface area contributed by atoms with Gasteiger partial charge in [0.2, 0.25) is 0 Å². The third kappa shape index (κ3) is 4.52. The van der Waals surface area contributed by atoms with Crippen molar-refractivity contribution in [2.45, 2.75) is 26.1 Å². The molecular formula is C24H22N2O3. The van der Waals surface area contributed by atoms with Crippen molar-refractivity contribution in [1.29, 1.82) is 0 Å². The molecule has 4 rings (SSSR count). The number of hydrogen-bond acceptors (Lipinski definition) is 3. The summed E-state index contributed by atoms with van der Waals surface area (Å²) in [5.74, 6) is 0.00851. The van der Waals surface area contributed by atoms with Crippen molar-refractivity contribution in [3.05, 3.63) is 101 Å². The van der Waals surface area contributed by atoms with Gasteiger partial charge in [0.15, 0.2) is 0 Å². The van der Waals surface area contributed by atoms with Gasteiger partial charge in [-0.3, -0.25) is 0 Å². The third-order valence-corrected chi connectivity index (χ3v) is 4.90. The Labute approximate surface area is 169 Å². The number of para-hydroxylation sites is 1. The molecule has 0 aliphatic rings. The average Bonchev–Trinajstić information content (AvgIpc) is 3.17. The van der Waals surface area contributed by atoms with Crippen molar-refractivity contribution in [1.82, 2.24) is 9.97 Å². The zero-order valence-corrected chi connectivity index (χ0v) is 16.0. The lowest BCUT2D eigenvalue weighted by Gasteiger charge is -2.08. The van der Waals surface area contributed by atoms with Crippen molar-refractivity contribution in [3.8, 4) is 0 Å². The highest BCUT2D eigenvalue weighted by molar-refractivity contribution is 5.89. The van der Waals surface area contributed by atoms with Crippen LogP contribution in [0.3, 0.4) is 0 Å². The molecule has 0 saturated carbocycles. The van der Waals surface area contributed by atoms with Gasteiger partial charge < -0.3 is 14.8 Å². The molecule has 0 aliphatic heterocycles. The highest BCUT2D eigenvalue weighted by Crippen LogP contribution is 2.19. The number of ether oxygens (including phenoxy) is 1. The van der Waals surface area contributed by atoms with E-state index in [-0.39, 0.29) is 12.2 Å². The van der Waals surface area contributed by atoms with E-state index in [1.807, 2.05) is 42.5 Å². The Morgan fingerprint density at radius 3 is 2.41 bits per heavy atom. The van der Waals surface area contributed by atoms with Gasteiger partial charge in [0, 0.05) is 12.0 Å². The summed E-state index contributed by atoms with van der Waals surface area (Å²) in [6.07, 6.45) is 1.77. The number of aryl methyl sites for hydroxylation is 2. The highest BCUT2D eigenvalue weighted by Gasteiger charge is 2.11.